The van der Waals surface area contributed by atoms with Gasteiger partial charge in [-0.3, -0.25) is 4.79 Å². The van der Waals surface area contributed by atoms with E-state index in [-0.39, 0.29) is 11.9 Å². The lowest BCUT2D eigenvalue weighted by molar-refractivity contribution is -0.128. The van der Waals surface area contributed by atoms with Crippen molar-refractivity contribution in [1.82, 2.24) is 5.32 Å². The Morgan fingerprint density at radius 3 is 2.91 bits per heavy atom. The summed E-state index contributed by atoms with van der Waals surface area (Å²) in [6, 6.07) is 15.5. The smallest absolute Gasteiger partial charge is 0.261 e. The van der Waals surface area contributed by atoms with Crippen LogP contribution in [0, 0.1) is 0 Å². The highest BCUT2D eigenvalue weighted by atomic mass is 35.5. The van der Waals surface area contributed by atoms with E-state index in [0.717, 1.165) is 19.3 Å². The van der Waals surface area contributed by atoms with E-state index in [0.29, 0.717) is 10.8 Å². The number of hydrogen-bond donors (Lipinski definition) is 1. The highest BCUT2D eigenvalue weighted by Gasteiger charge is 2.24. The van der Waals surface area contributed by atoms with Gasteiger partial charge in [-0.15, -0.1) is 0 Å². The normalized spacial score (nSPS) is 17.9. The number of fused-ring (bicyclic) bond motifs is 1. The Morgan fingerprint density at radius 2 is 2.09 bits per heavy atom. The maximum absolute atomic E-state index is 12.4. The lowest BCUT2D eigenvalue weighted by atomic mass is 9.87. The van der Waals surface area contributed by atoms with Gasteiger partial charge in [0.1, 0.15) is 5.75 Å². The SMILES string of the molecule is C[C@@H](Oc1cccc(Cl)c1)C(=O)N[C@@H]1CCCc2ccccc21. The number of benzene rings is 2. The molecule has 0 radical (unpaired) electrons. The molecule has 0 heterocycles. The van der Waals surface area contributed by atoms with E-state index in [9.17, 15) is 4.79 Å². The Kier molecular flexibility index (Phi) is 4.87. The van der Waals surface area contributed by atoms with Gasteiger partial charge in [0, 0.05) is 5.02 Å². The molecule has 3 nitrogen and oxygen atoms in total. The van der Waals surface area contributed by atoms with Crippen LogP contribution in [0.1, 0.15) is 36.9 Å². The molecule has 1 amide bonds. The van der Waals surface area contributed by atoms with Gasteiger partial charge in [-0.2, -0.15) is 0 Å². The third-order valence-corrected chi connectivity index (χ3v) is 4.40. The average Bonchev–Trinajstić information content (AvgIpc) is 2.55. The van der Waals surface area contributed by atoms with Crippen LogP contribution in [0.25, 0.3) is 0 Å². The van der Waals surface area contributed by atoms with Crippen molar-refractivity contribution in [1.29, 1.82) is 0 Å². The first-order chi connectivity index (χ1) is 11.1. The topological polar surface area (TPSA) is 38.3 Å². The number of rotatable bonds is 4. The lowest BCUT2D eigenvalue weighted by Gasteiger charge is -2.27. The second-order valence-electron chi connectivity index (χ2n) is 5.87. The fraction of sp³-hybridized carbons (Fsp3) is 0.316. The van der Waals surface area contributed by atoms with E-state index in [4.69, 9.17) is 16.3 Å². The number of ether oxygens (including phenoxy) is 1. The van der Waals surface area contributed by atoms with Crippen LogP contribution in [-0.2, 0) is 11.2 Å². The summed E-state index contributed by atoms with van der Waals surface area (Å²) in [5.74, 6) is 0.496. The maximum atomic E-state index is 12.4. The van der Waals surface area contributed by atoms with Crippen molar-refractivity contribution in [2.45, 2.75) is 38.3 Å². The van der Waals surface area contributed by atoms with E-state index in [1.807, 2.05) is 12.1 Å². The summed E-state index contributed by atoms with van der Waals surface area (Å²) in [5.41, 5.74) is 2.55. The highest BCUT2D eigenvalue weighted by molar-refractivity contribution is 6.30. The zero-order chi connectivity index (χ0) is 16.2. The molecule has 0 aliphatic heterocycles. The van der Waals surface area contributed by atoms with Gasteiger partial charge in [-0.1, -0.05) is 41.9 Å². The Labute approximate surface area is 141 Å². The molecule has 1 aliphatic carbocycles. The molecule has 0 spiro atoms. The average molecular weight is 330 g/mol. The van der Waals surface area contributed by atoms with Gasteiger partial charge in [0.2, 0.25) is 0 Å². The first kappa shape index (κ1) is 15.9. The summed E-state index contributed by atoms with van der Waals surface area (Å²) >= 11 is 5.94. The molecule has 0 fully saturated rings. The van der Waals surface area contributed by atoms with Crippen molar-refractivity contribution in [3.8, 4) is 5.75 Å². The number of hydrogen-bond acceptors (Lipinski definition) is 2. The van der Waals surface area contributed by atoms with Gasteiger partial charge in [-0.25, -0.2) is 0 Å². The van der Waals surface area contributed by atoms with Gasteiger partial charge < -0.3 is 10.1 Å². The van der Waals surface area contributed by atoms with Crippen LogP contribution < -0.4 is 10.1 Å². The fourth-order valence-electron chi connectivity index (χ4n) is 2.99. The molecule has 0 aromatic heterocycles. The summed E-state index contributed by atoms with van der Waals surface area (Å²) in [6.45, 7) is 1.75. The minimum absolute atomic E-state index is 0.0675. The van der Waals surface area contributed by atoms with Gasteiger partial charge in [0.25, 0.3) is 5.91 Å². The van der Waals surface area contributed by atoms with Crippen LogP contribution in [0.2, 0.25) is 5.02 Å². The fourth-order valence-corrected chi connectivity index (χ4v) is 3.17. The monoisotopic (exact) mass is 329 g/mol. The molecule has 0 unspecified atom stereocenters. The number of halogens is 1. The molecule has 120 valence electrons. The Bertz CT molecular complexity index is 701. The van der Waals surface area contributed by atoms with Crippen LogP contribution in [0.5, 0.6) is 5.75 Å². The lowest BCUT2D eigenvalue weighted by Crippen LogP contribution is -2.39. The van der Waals surface area contributed by atoms with Crippen molar-refractivity contribution in [2.75, 3.05) is 0 Å². The van der Waals surface area contributed by atoms with Crippen LogP contribution in [0.3, 0.4) is 0 Å². The van der Waals surface area contributed by atoms with Crippen LogP contribution in [0.4, 0.5) is 0 Å². The van der Waals surface area contributed by atoms with Crippen molar-refractivity contribution in [3.63, 3.8) is 0 Å². The minimum atomic E-state index is -0.567. The molecule has 2 atom stereocenters. The first-order valence-corrected chi connectivity index (χ1v) is 8.31. The van der Waals surface area contributed by atoms with Crippen molar-refractivity contribution in [2.24, 2.45) is 0 Å². The highest BCUT2D eigenvalue weighted by Crippen LogP contribution is 2.29. The Morgan fingerprint density at radius 1 is 1.26 bits per heavy atom. The standard InChI is InChI=1S/C19H20ClNO2/c1-13(23-16-9-5-8-15(20)12-16)19(22)21-18-11-4-7-14-6-2-3-10-17(14)18/h2-3,5-6,8-10,12-13,18H,4,7,11H2,1H3,(H,21,22)/t13-,18-/m1/s1. The Balaban J connectivity index is 1.65. The van der Waals surface area contributed by atoms with E-state index in [1.54, 1.807) is 31.2 Å². The van der Waals surface area contributed by atoms with E-state index in [1.165, 1.54) is 11.1 Å². The van der Waals surface area contributed by atoms with Gasteiger partial charge >= 0.3 is 0 Å². The Hall–Kier alpha value is -2.00. The maximum Gasteiger partial charge on any atom is 0.261 e. The quantitative estimate of drug-likeness (QED) is 0.908. The van der Waals surface area contributed by atoms with Crippen LogP contribution in [-0.4, -0.2) is 12.0 Å². The summed E-state index contributed by atoms with van der Waals surface area (Å²) in [5, 5.41) is 3.71. The van der Waals surface area contributed by atoms with Crippen molar-refractivity contribution < 1.29 is 9.53 Å². The molecule has 2 aromatic rings. The van der Waals surface area contributed by atoms with Gasteiger partial charge in [-0.05, 0) is 55.5 Å². The number of carbonyl (C=O) groups excluding carboxylic acids is 1. The third-order valence-electron chi connectivity index (χ3n) is 4.16. The molecule has 23 heavy (non-hydrogen) atoms. The van der Waals surface area contributed by atoms with Crippen LogP contribution in [0.15, 0.2) is 48.5 Å². The molecule has 0 saturated carbocycles. The summed E-state index contributed by atoms with van der Waals surface area (Å²) < 4.78 is 5.69. The number of nitrogens with one attached hydrogen (secondary N) is 1. The third kappa shape index (κ3) is 3.85. The second-order valence-corrected chi connectivity index (χ2v) is 6.31. The van der Waals surface area contributed by atoms with E-state index >= 15 is 0 Å². The molecular weight excluding hydrogens is 310 g/mol. The summed E-state index contributed by atoms with van der Waals surface area (Å²) in [6.07, 6.45) is 2.57. The first-order valence-electron chi connectivity index (χ1n) is 7.94. The molecule has 1 aliphatic rings. The number of carbonyl (C=O) groups is 1. The molecule has 4 heteroatoms. The number of aryl methyl sites for hydroxylation is 1. The molecule has 0 bridgehead atoms. The molecule has 3 rings (SSSR count). The van der Waals surface area contributed by atoms with E-state index < -0.39 is 6.10 Å². The minimum Gasteiger partial charge on any atom is -0.481 e. The van der Waals surface area contributed by atoms with Gasteiger partial charge in [0.05, 0.1) is 6.04 Å². The largest absolute Gasteiger partial charge is 0.481 e. The zero-order valence-corrected chi connectivity index (χ0v) is 13.8. The molecule has 2 aromatic carbocycles. The van der Waals surface area contributed by atoms with Gasteiger partial charge in [0.15, 0.2) is 6.10 Å². The summed E-state index contributed by atoms with van der Waals surface area (Å²) in [4.78, 5) is 12.4. The zero-order valence-electron chi connectivity index (χ0n) is 13.1. The summed E-state index contributed by atoms with van der Waals surface area (Å²) in [7, 11) is 0. The molecule has 0 saturated heterocycles. The van der Waals surface area contributed by atoms with Crippen molar-refractivity contribution >= 4 is 17.5 Å². The van der Waals surface area contributed by atoms with Crippen molar-refractivity contribution in [3.05, 3.63) is 64.7 Å². The second kappa shape index (κ2) is 7.05. The van der Waals surface area contributed by atoms with E-state index in [2.05, 4.69) is 17.4 Å². The predicted molar refractivity (Wildman–Crippen MR) is 91.8 cm³/mol. The van der Waals surface area contributed by atoms with Crippen LogP contribution >= 0.6 is 11.6 Å². The predicted octanol–water partition coefficient (Wildman–Crippen LogP) is 4.30. The number of amides is 1. The molecular formula is C19H20ClNO2. The molecule has 1 N–H and O–H groups in total.